The summed E-state index contributed by atoms with van der Waals surface area (Å²) in [6.45, 7) is 2.28. The first-order chi connectivity index (χ1) is 17.5. The molecule has 4 aromatic rings. The standard InChI is InChI=1S/C29H28N4O3/c1-19-8-5-6-13-23(19)28(35)31-22-14-15-24(27(34)16-22)25-17-26(21-11-7-12-21)33(32-25)29(36)30-18-20-9-3-2-4-10-20/h2-6,8-10,13-17,21,34H,7,11-12,18H2,1H3,(H,30,36)(H,31,35). The molecule has 0 saturated heterocycles. The number of benzene rings is 3. The molecule has 3 aromatic carbocycles. The lowest BCUT2D eigenvalue weighted by Crippen LogP contribution is -2.31. The highest BCUT2D eigenvalue weighted by molar-refractivity contribution is 6.05. The highest BCUT2D eigenvalue weighted by atomic mass is 16.3. The van der Waals surface area contributed by atoms with Crippen molar-refractivity contribution in [1.82, 2.24) is 15.1 Å². The number of aromatic hydroxyl groups is 1. The van der Waals surface area contributed by atoms with Crippen LogP contribution in [-0.2, 0) is 6.54 Å². The third-order valence-corrected chi connectivity index (χ3v) is 6.66. The van der Waals surface area contributed by atoms with Gasteiger partial charge in [0.15, 0.2) is 0 Å². The lowest BCUT2D eigenvalue weighted by molar-refractivity contribution is 0.102. The summed E-state index contributed by atoms with van der Waals surface area (Å²) in [4.78, 5) is 25.7. The monoisotopic (exact) mass is 480 g/mol. The van der Waals surface area contributed by atoms with Gasteiger partial charge in [-0.3, -0.25) is 4.79 Å². The SMILES string of the molecule is Cc1ccccc1C(=O)Nc1ccc(-c2cc(C3CCC3)n(C(=O)NCc3ccccc3)n2)c(O)c1. The zero-order valence-corrected chi connectivity index (χ0v) is 20.1. The minimum atomic E-state index is -0.298. The number of aromatic nitrogens is 2. The maximum Gasteiger partial charge on any atom is 0.342 e. The molecule has 3 N–H and O–H groups in total. The van der Waals surface area contributed by atoms with Gasteiger partial charge in [0.25, 0.3) is 5.91 Å². The van der Waals surface area contributed by atoms with Gasteiger partial charge >= 0.3 is 6.03 Å². The van der Waals surface area contributed by atoms with Crippen LogP contribution in [-0.4, -0.2) is 26.8 Å². The van der Waals surface area contributed by atoms with E-state index in [4.69, 9.17) is 0 Å². The van der Waals surface area contributed by atoms with E-state index in [2.05, 4.69) is 15.7 Å². The van der Waals surface area contributed by atoms with Crippen LogP contribution in [0.15, 0.2) is 78.9 Å². The molecule has 1 fully saturated rings. The van der Waals surface area contributed by atoms with Gasteiger partial charge < -0.3 is 15.7 Å². The summed E-state index contributed by atoms with van der Waals surface area (Å²) in [5.41, 5.74) is 4.79. The molecule has 1 aliphatic rings. The quantitative estimate of drug-likeness (QED) is 0.323. The fourth-order valence-corrected chi connectivity index (χ4v) is 4.39. The van der Waals surface area contributed by atoms with Gasteiger partial charge in [0.2, 0.25) is 0 Å². The van der Waals surface area contributed by atoms with Gasteiger partial charge in [-0.2, -0.15) is 9.78 Å². The van der Waals surface area contributed by atoms with Crippen molar-refractivity contribution in [2.45, 2.75) is 38.6 Å². The van der Waals surface area contributed by atoms with Crippen molar-refractivity contribution < 1.29 is 14.7 Å². The van der Waals surface area contributed by atoms with Gasteiger partial charge in [-0.1, -0.05) is 55.0 Å². The molecule has 182 valence electrons. The van der Waals surface area contributed by atoms with E-state index in [-0.39, 0.29) is 23.6 Å². The number of aryl methyl sites for hydroxylation is 1. The molecule has 0 bridgehead atoms. The summed E-state index contributed by atoms with van der Waals surface area (Å²) in [6, 6.07) is 23.6. The fourth-order valence-electron chi connectivity index (χ4n) is 4.39. The molecular formula is C29H28N4O3. The lowest BCUT2D eigenvalue weighted by atomic mass is 9.82. The van der Waals surface area contributed by atoms with Crippen molar-refractivity contribution in [3.05, 3.63) is 101 Å². The summed E-state index contributed by atoms with van der Waals surface area (Å²) in [5.74, 6) is 0.00233. The molecule has 1 heterocycles. The maximum absolute atomic E-state index is 13.0. The van der Waals surface area contributed by atoms with E-state index in [0.29, 0.717) is 29.1 Å². The molecule has 0 unspecified atom stereocenters. The first kappa shape index (κ1) is 23.4. The first-order valence-electron chi connectivity index (χ1n) is 12.1. The normalized spacial score (nSPS) is 13.1. The van der Waals surface area contributed by atoms with Crippen LogP contribution in [0.4, 0.5) is 10.5 Å². The number of nitrogens with zero attached hydrogens (tertiary/aromatic N) is 2. The molecule has 2 amide bonds. The zero-order chi connectivity index (χ0) is 25.1. The Morgan fingerprint density at radius 3 is 2.44 bits per heavy atom. The molecule has 1 aliphatic carbocycles. The lowest BCUT2D eigenvalue weighted by Gasteiger charge is -2.25. The van der Waals surface area contributed by atoms with Crippen LogP contribution in [0.3, 0.4) is 0 Å². The number of rotatable bonds is 6. The number of phenolic OH excluding ortho intramolecular Hbond substituents is 1. The second-order valence-electron chi connectivity index (χ2n) is 9.14. The molecule has 7 nitrogen and oxygen atoms in total. The average molecular weight is 481 g/mol. The van der Waals surface area contributed by atoms with E-state index < -0.39 is 0 Å². The van der Waals surface area contributed by atoms with Gasteiger partial charge in [0.1, 0.15) is 5.75 Å². The largest absolute Gasteiger partial charge is 0.507 e. The van der Waals surface area contributed by atoms with Crippen LogP contribution in [0.5, 0.6) is 5.75 Å². The number of amides is 2. The molecule has 1 saturated carbocycles. The van der Waals surface area contributed by atoms with Crippen LogP contribution < -0.4 is 10.6 Å². The Kier molecular flexibility index (Phi) is 6.54. The smallest absolute Gasteiger partial charge is 0.342 e. The van der Waals surface area contributed by atoms with Crippen molar-refractivity contribution in [3.63, 3.8) is 0 Å². The van der Waals surface area contributed by atoms with Gasteiger partial charge in [-0.15, -0.1) is 0 Å². The van der Waals surface area contributed by atoms with Crippen molar-refractivity contribution in [2.75, 3.05) is 5.32 Å². The number of hydrogen-bond donors (Lipinski definition) is 3. The number of carbonyl (C=O) groups excluding carboxylic acids is 2. The van der Waals surface area contributed by atoms with Crippen molar-refractivity contribution >= 4 is 17.6 Å². The predicted octanol–water partition coefficient (Wildman–Crippen LogP) is 5.84. The van der Waals surface area contributed by atoms with Crippen LogP contribution in [0, 0.1) is 6.92 Å². The van der Waals surface area contributed by atoms with Crippen molar-refractivity contribution in [1.29, 1.82) is 0 Å². The fraction of sp³-hybridized carbons (Fsp3) is 0.207. The van der Waals surface area contributed by atoms with Crippen molar-refractivity contribution in [2.24, 2.45) is 0 Å². The summed E-state index contributed by atoms with van der Waals surface area (Å²) in [5, 5.41) is 21.1. The molecule has 0 spiro atoms. The molecule has 1 aromatic heterocycles. The third-order valence-electron chi connectivity index (χ3n) is 6.66. The highest BCUT2D eigenvalue weighted by Gasteiger charge is 2.27. The average Bonchev–Trinajstić information content (AvgIpc) is 3.26. The van der Waals surface area contributed by atoms with E-state index in [1.165, 1.54) is 10.7 Å². The maximum atomic E-state index is 13.0. The number of anilines is 1. The second-order valence-corrected chi connectivity index (χ2v) is 9.14. The van der Waals surface area contributed by atoms with Gasteiger partial charge in [0.05, 0.1) is 11.4 Å². The highest BCUT2D eigenvalue weighted by Crippen LogP contribution is 2.39. The Bertz CT molecular complexity index is 1410. The Morgan fingerprint density at radius 2 is 1.75 bits per heavy atom. The van der Waals surface area contributed by atoms with Crippen LogP contribution in [0.25, 0.3) is 11.3 Å². The minimum Gasteiger partial charge on any atom is -0.507 e. The second kappa shape index (κ2) is 10.1. The first-order valence-corrected chi connectivity index (χ1v) is 12.1. The van der Waals surface area contributed by atoms with Crippen molar-refractivity contribution in [3.8, 4) is 17.0 Å². The number of nitrogens with one attached hydrogen (secondary N) is 2. The molecule has 0 aliphatic heterocycles. The van der Waals surface area contributed by atoms with Gasteiger partial charge in [-0.05, 0) is 55.2 Å². The third kappa shape index (κ3) is 4.86. The number of phenols is 1. The molecule has 0 atom stereocenters. The Morgan fingerprint density at radius 1 is 1.00 bits per heavy atom. The van der Waals surface area contributed by atoms with E-state index in [1.807, 2.05) is 61.5 Å². The number of hydrogen-bond acceptors (Lipinski definition) is 4. The van der Waals surface area contributed by atoms with Crippen LogP contribution in [0.1, 0.15) is 52.4 Å². The van der Waals surface area contributed by atoms with Crippen LogP contribution >= 0.6 is 0 Å². The Labute approximate surface area is 209 Å². The van der Waals surface area contributed by atoms with E-state index in [9.17, 15) is 14.7 Å². The Balaban J connectivity index is 1.37. The molecule has 0 radical (unpaired) electrons. The van der Waals surface area contributed by atoms with Gasteiger partial charge in [-0.25, -0.2) is 4.79 Å². The summed E-state index contributed by atoms with van der Waals surface area (Å²) in [6.07, 6.45) is 3.14. The summed E-state index contributed by atoms with van der Waals surface area (Å²) >= 11 is 0. The van der Waals surface area contributed by atoms with E-state index in [0.717, 1.165) is 36.1 Å². The minimum absolute atomic E-state index is 0.0212. The van der Waals surface area contributed by atoms with E-state index in [1.54, 1.807) is 18.2 Å². The van der Waals surface area contributed by atoms with E-state index >= 15 is 0 Å². The topological polar surface area (TPSA) is 96.3 Å². The zero-order valence-electron chi connectivity index (χ0n) is 20.1. The predicted molar refractivity (Wildman–Crippen MR) is 139 cm³/mol. The summed E-state index contributed by atoms with van der Waals surface area (Å²) in [7, 11) is 0. The van der Waals surface area contributed by atoms with Crippen LogP contribution in [0.2, 0.25) is 0 Å². The van der Waals surface area contributed by atoms with Gasteiger partial charge in [0, 0.05) is 35.3 Å². The molecule has 5 rings (SSSR count). The molecular weight excluding hydrogens is 452 g/mol. The summed E-state index contributed by atoms with van der Waals surface area (Å²) < 4.78 is 1.43. The number of carbonyl (C=O) groups is 2. The molecule has 36 heavy (non-hydrogen) atoms. The Hall–Kier alpha value is -4.39. The molecule has 7 heteroatoms.